The smallest absolute Gasteiger partial charge is 0.269 e. The molecule has 0 amide bonds. The lowest BCUT2D eigenvalue weighted by molar-refractivity contribution is -0.553. The maximum Gasteiger partial charge on any atom is 0.269 e. The summed E-state index contributed by atoms with van der Waals surface area (Å²) in [5, 5.41) is 37.3. The fraction of sp³-hybridized carbons (Fsp3) is 0.833. The van der Waals surface area contributed by atoms with Crippen LogP contribution in [-0.2, 0) is 4.74 Å². The molecule has 75 valence electrons. The van der Waals surface area contributed by atoms with E-state index in [4.69, 9.17) is 10.2 Å². The molecule has 13 heavy (non-hydrogen) atoms. The number of aliphatic hydroxyl groups excluding tert-OH is 3. The Labute approximate surface area is 73.7 Å². The average Bonchev–Trinajstić information content (AvgIpc) is 2.04. The molecule has 1 heterocycles. The molecule has 4 atom stereocenters. The van der Waals surface area contributed by atoms with Gasteiger partial charge in [0.1, 0.15) is 12.7 Å². The van der Waals surface area contributed by atoms with E-state index in [9.17, 15) is 15.2 Å². The zero-order chi connectivity index (χ0) is 10.0. The molecule has 0 aromatic carbocycles. The second-order valence-electron chi connectivity index (χ2n) is 2.75. The highest BCUT2D eigenvalue weighted by Crippen LogP contribution is 2.19. The Morgan fingerprint density at radius 2 is 2.15 bits per heavy atom. The van der Waals surface area contributed by atoms with Crippen molar-refractivity contribution >= 4 is 0 Å². The molecule has 0 aromatic rings. The van der Waals surface area contributed by atoms with Gasteiger partial charge in [-0.1, -0.05) is 0 Å². The van der Waals surface area contributed by atoms with Crippen molar-refractivity contribution in [2.45, 2.75) is 24.4 Å². The van der Waals surface area contributed by atoms with Gasteiger partial charge in [-0.05, 0) is 0 Å². The Morgan fingerprint density at radius 1 is 1.54 bits per heavy atom. The van der Waals surface area contributed by atoms with Crippen LogP contribution in [0.4, 0.5) is 0 Å². The van der Waals surface area contributed by atoms with Crippen molar-refractivity contribution in [2.75, 3.05) is 6.61 Å². The van der Waals surface area contributed by atoms with Gasteiger partial charge in [-0.3, -0.25) is 10.1 Å². The molecule has 1 aliphatic heterocycles. The molecule has 1 rings (SSSR count). The summed E-state index contributed by atoms with van der Waals surface area (Å²) >= 11 is 0. The number of hydrogen-bond donors (Lipinski definition) is 3. The van der Waals surface area contributed by atoms with E-state index < -0.39 is 35.9 Å². The fourth-order valence-corrected chi connectivity index (χ4v) is 1.16. The van der Waals surface area contributed by atoms with E-state index in [-0.39, 0.29) is 0 Å². The third-order valence-electron chi connectivity index (χ3n) is 1.90. The minimum atomic E-state index is -1.54. The normalized spacial score (nSPS) is 40.2. The number of rotatable bonds is 2. The van der Waals surface area contributed by atoms with Crippen LogP contribution in [0.2, 0.25) is 0 Å². The molecular weight excluding hydrogens is 182 g/mol. The van der Waals surface area contributed by atoms with Crippen molar-refractivity contribution in [3.63, 3.8) is 0 Å². The highest BCUT2D eigenvalue weighted by molar-refractivity contribution is 4.91. The second-order valence-corrected chi connectivity index (χ2v) is 2.75. The van der Waals surface area contributed by atoms with Gasteiger partial charge in [0, 0.05) is 4.92 Å². The molecule has 3 N–H and O–H groups in total. The van der Waals surface area contributed by atoms with E-state index in [0.717, 1.165) is 6.61 Å². The summed E-state index contributed by atoms with van der Waals surface area (Å²) in [6.07, 6.45) is -3.99. The van der Waals surface area contributed by atoms with Crippen LogP contribution in [0.1, 0.15) is 0 Å². The van der Waals surface area contributed by atoms with E-state index in [0.29, 0.717) is 0 Å². The summed E-state index contributed by atoms with van der Waals surface area (Å²) in [6, 6.07) is -1.54. The van der Waals surface area contributed by atoms with Gasteiger partial charge in [0.15, 0.2) is 12.2 Å². The topological polar surface area (TPSA) is 113 Å². The Balaban J connectivity index is 2.71. The van der Waals surface area contributed by atoms with E-state index in [1.807, 2.05) is 0 Å². The number of ether oxygens (including phenoxy) is 1. The summed E-state index contributed by atoms with van der Waals surface area (Å²) in [7, 11) is 0. The molecule has 1 fully saturated rings. The average molecular weight is 192 g/mol. The Kier molecular flexibility index (Phi) is 3.15. The molecule has 1 aliphatic rings. The minimum absolute atomic E-state index is 0.533. The van der Waals surface area contributed by atoms with Crippen LogP contribution in [0.3, 0.4) is 0 Å². The number of nitro groups is 1. The van der Waals surface area contributed by atoms with Crippen molar-refractivity contribution in [3.8, 4) is 0 Å². The van der Waals surface area contributed by atoms with Crippen LogP contribution in [0.15, 0.2) is 0 Å². The van der Waals surface area contributed by atoms with Gasteiger partial charge in [-0.15, -0.1) is 0 Å². The Morgan fingerprint density at radius 3 is 2.62 bits per heavy atom. The number of aliphatic hydroxyl groups is 3. The fourth-order valence-electron chi connectivity index (χ4n) is 1.16. The van der Waals surface area contributed by atoms with Gasteiger partial charge in [0.2, 0.25) is 0 Å². The number of nitrogens with zero attached hydrogens (tertiary/aromatic N) is 1. The molecular formula is C6H10NO6. The maximum absolute atomic E-state index is 10.4. The summed E-state index contributed by atoms with van der Waals surface area (Å²) in [6.45, 7) is 0.315. The van der Waals surface area contributed by atoms with Gasteiger partial charge < -0.3 is 20.1 Å². The van der Waals surface area contributed by atoms with Gasteiger partial charge in [-0.25, -0.2) is 0 Å². The SMILES string of the molecule is O=[N+]([O-])[C@H]1[C@@H](O)[C@@H](CO)O[CH][C@@H]1O. The van der Waals surface area contributed by atoms with Crippen molar-refractivity contribution in [1.29, 1.82) is 0 Å². The Bertz CT molecular complexity index is 198. The summed E-state index contributed by atoms with van der Waals surface area (Å²) in [4.78, 5) is 9.57. The molecule has 7 nitrogen and oxygen atoms in total. The molecule has 0 saturated carbocycles. The largest absolute Gasteiger partial charge is 0.394 e. The van der Waals surface area contributed by atoms with Gasteiger partial charge in [0.25, 0.3) is 6.04 Å². The van der Waals surface area contributed by atoms with E-state index in [1.54, 1.807) is 0 Å². The first-order chi connectivity index (χ1) is 6.07. The van der Waals surface area contributed by atoms with Crippen molar-refractivity contribution in [3.05, 3.63) is 16.7 Å². The second kappa shape index (κ2) is 3.97. The van der Waals surface area contributed by atoms with Crippen LogP contribution in [-0.4, -0.2) is 51.2 Å². The van der Waals surface area contributed by atoms with Crippen molar-refractivity contribution in [1.82, 2.24) is 0 Å². The number of hydrogen-bond acceptors (Lipinski definition) is 6. The molecule has 0 aromatic heterocycles. The molecule has 0 aliphatic carbocycles. The van der Waals surface area contributed by atoms with Gasteiger partial charge >= 0.3 is 0 Å². The highest BCUT2D eigenvalue weighted by Gasteiger charge is 2.46. The molecule has 1 radical (unpaired) electrons. The molecule has 1 saturated heterocycles. The zero-order valence-corrected chi connectivity index (χ0v) is 6.61. The molecule has 7 heteroatoms. The lowest BCUT2D eigenvalue weighted by Crippen LogP contribution is -2.55. The monoisotopic (exact) mass is 192 g/mol. The third kappa shape index (κ3) is 1.94. The third-order valence-corrected chi connectivity index (χ3v) is 1.90. The van der Waals surface area contributed by atoms with E-state index in [2.05, 4.69) is 4.74 Å². The van der Waals surface area contributed by atoms with Crippen molar-refractivity contribution < 1.29 is 25.0 Å². The highest BCUT2D eigenvalue weighted by atomic mass is 16.6. The lowest BCUT2D eigenvalue weighted by atomic mass is 9.98. The quantitative estimate of drug-likeness (QED) is 0.341. The molecule has 0 bridgehead atoms. The van der Waals surface area contributed by atoms with Gasteiger partial charge in [-0.2, -0.15) is 0 Å². The predicted molar refractivity (Wildman–Crippen MR) is 39.1 cm³/mol. The lowest BCUT2D eigenvalue weighted by Gasteiger charge is -2.31. The standard InChI is InChI=1S/C6H10NO6/c8-1-4-6(10)5(7(11)12)3(9)2-13-4/h2-6,8-10H,1H2/t3-,4+,5+,6-/m0/s1. The minimum Gasteiger partial charge on any atom is -0.394 e. The summed E-state index contributed by atoms with van der Waals surface area (Å²) in [5.74, 6) is 0. The summed E-state index contributed by atoms with van der Waals surface area (Å²) in [5.41, 5.74) is 0. The zero-order valence-electron chi connectivity index (χ0n) is 6.61. The Hall–Kier alpha value is -0.760. The summed E-state index contributed by atoms with van der Waals surface area (Å²) < 4.78 is 4.65. The first kappa shape index (κ1) is 10.3. The first-order valence-corrected chi connectivity index (χ1v) is 3.67. The van der Waals surface area contributed by atoms with Crippen molar-refractivity contribution in [2.24, 2.45) is 0 Å². The van der Waals surface area contributed by atoms with Crippen LogP contribution in [0.25, 0.3) is 0 Å². The van der Waals surface area contributed by atoms with Crippen LogP contribution in [0, 0.1) is 16.7 Å². The van der Waals surface area contributed by atoms with E-state index >= 15 is 0 Å². The van der Waals surface area contributed by atoms with Crippen LogP contribution >= 0.6 is 0 Å². The maximum atomic E-state index is 10.4. The van der Waals surface area contributed by atoms with Gasteiger partial charge in [0.05, 0.1) is 6.61 Å². The van der Waals surface area contributed by atoms with E-state index in [1.165, 1.54) is 0 Å². The van der Waals surface area contributed by atoms with Crippen LogP contribution in [0.5, 0.6) is 0 Å². The van der Waals surface area contributed by atoms with Crippen LogP contribution < -0.4 is 0 Å². The predicted octanol–water partition coefficient (Wildman–Crippen LogP) is -2.09. The first-order valence-electron chi connectivity index (χ1n) is 3.67. The molecule has 0 spiro atoms. The molecule has 0 unspecified atom stereocenters.